The quantitative estimate of drug-likeness (QED) is 0.728. The van der Waals surface area contributed by atoms with Gasteiger partial charge in [-0.3, -0.25) is 0 Å². The molecule has 0 spiro atoms. The summed E-state index contributed by atoms with van der Waals surface area (Å²) in [6.07, 6.45) is -0.409. The Labute approximate surface area is 94.3 Å². The fourth-order valence-corrected chi connectivity index (χ4v) is 1.77. The molecule has 1 aromatic carbocycles. The highest BCUT2D eigenvalue weighted by molar-refractivity contribution is 5.47. The predicted octanol–water partition coefficient (Wildman–Crippen LogP) is 1.84. The van der Waals surface area contributed by atoms with Crippen LogP contribution < -0.4 is 9.47 Å². The second-order valence-corrected chi connectivity index (χ2v) is 3.80. The van der Waals surface area contributed by atoms with Crippen molar-refractivity contribution in [2.24, 2.45) is 0 Å². The number of rotatable bonds is 3. The molecule has 1 aliphatic heterocycles. The summed E-state index contributed by atoms with van der Waals surface area (Å²) in [7, 11) is 3.20. The molecule has 0 aliphatic carbocycles. The molecule has 0 N–H and O–H groups in total. The lowest BCUT2D eigenvalue weighted by Gasteiger charge is -2.13. The summed E-state index contributed by atoms with van der Waals surface area (Å²) in [6.45, 7) is 1.87. The SMILES string of the molecule is COc1ccc(OC)c(C2(C)OC2C#N)c1. The Morgan fingerprint density at radius 3 is 2.62 bits per heavy atom. The van der Waals surface area contributed by atoms with Gasteiger partial charge >= 0.3 is 0 Å². The van der Waals surface area contributed by atoms with Gasteiger partial charge in [-0.2, -0.15) is 5.26 Å². The third kappa shape index (κ3) is 1.50. The van der Waals surface area contributed by atoms with Crippen LogP contribution in [0.4, 0.5) is 0 Å². The zero-order valence-electron chi connectivity index (χ0n) is 9.48. The molecular weight excluding hydrogens is 206 g/mol. The zero-order valence-corrected chi connectivity index (χ0v) is 9.48. The van der Waals surface area contributed by atoms with Crippen molar-refractivity contribution in [2.45, 2.75) is 18.6 Å². The summed E-state index contributed by atoms with van der Waals surface area (Å²) in [4.78, 5) is 0. The molecule has 2 rings (SSSR count). The van der Waals surface area contributed by atoms with Crippen LogP contribution in [-0.4, -0.2) is 20.3 Å². The molecule has 4 heteroatoms. The Kier molecular flexibility index (Phi) is 2.49. The maximum atomic E-state index is 8.85. The largest absolute Gasteiger partial charge is 0.497 e. The minimum absolute atomic E-state index is 0.409. The van der Waals surface area contributed by atoms with E-state index in [1.807, 2.05) is 25.1 Å². The van der Waals surface area contributed by atoms with E-state index in [9.17, 15) is 0 Å². The minimum atomic E-state index is -0.575. The Morgan fingerprint density at radius 1 is 1.38 bits per heavy atom. The van der Waals surface area contributed by atoms with Gasteiger partial charge in [0.1, 0.15) is 17.1 Å². The van der Waals surface area contributed by atoms with Gasteiger partial charge in [0, 0.05) is 5.56 Å². The first-order valence-corrected chi connectivity index (χ1v) is 4.95. The number of nitriles is 1. The molecule has 1 aliphatic rings. The standard InChI is InChI=1S/C12H13NO3/c1-12(11(7-13)16-12)9-6-8(14-2)4-5-10(9)15-3/h4-6,11H,1-3H3. The van der Waals surface area contributed by atoms with E-state index < -0.39 is 11.7 Å². The van der Waals surface area contributed by atoms with Crippen LogP contribution in [0.25, 0.3) is 0 Å². The molecule has 4 nitrogen and oxygen atoms in total. The van der Waals surface area contributed by atoms with E-state index in [4.69, 9.17) is 19.5 Å². The van der Waals surface area contributed by atoms with Crippen LogP contribution in [0.2, 0.25) is 0 Å². The molecule has 0 aromatic heterocycles. The number of benzene rings is 1. The number of nitrogens with zero attached hydrogens (tertiary/aromatic N) is 1. The number of hydrogen-bond acceptors (Lipinski definition) is 4. The molecule has 16 heavy (non-hydrogen) atoms. The van der Waals surface area contributed by atoms with Gasteiger partial charge in [0.2, 0.25) is 0 Å². The molecule has 1 fully saturated rings. The van der Waals surface area contributed by atoms with Crippen molar-refractivity contribution in [2.75, 3.05) is 14.2 Å². The fraction of sp³-hybridized carbons (Fsp3) is 0.417. The second-order valence-electron chi connectivity index (χ2n) is 3.80. The summed E-state index contributed by atoms with van der Waals surface area (Å²) in [5.41, 5.74) is 0.273. The van der Waals surface area contributed by atoms with Crippen molar-refractivity contribution in [1.29, 1.82) is 5.26 Å². The van der Waals surface area contributed by atoms with Gasteiger partial charge < -0.3 is 14.2 Å². The third-order valence-electron chi connectivity index (χ3n) is 2.86. The Balaban J connectivity index is 2.43. The van der Waals surface area contributed by atoms with Gasteiger partial charge in [-0.25, -0.2) is 0 Å². The first-order chi connectivity index (χ1) is 7.65. The Bertz CT molecular complexity index is 452. The monoisotopic (exact) mass is 219 g/mol. The van der Waals surface area contributed by atoms with Crippen molar-refractivity contribution < 1.29 is 14.2 Å². The van der Waals surface area contributed by atoms with E-state index in [2.05, 4.69) is 6.07 Å². The van der Waals surface area contributed by atoms with Gasteiger partial charge in [0.15, 0.2) is 6.10 Å². The summed E-state index contributed by atoms with van der Waals surface area (Å²) in [6, 6.07) is 7.57. The number of ether oxygens (including phenoxy) is 3. The lowest BCUT2D eigenvalue weighted by molar-refractivity contribution is 0.308. The molecule has 1 saturated heterocycles. The molecule has 2 unspecified atom stereocenters. The first kappa shape index (κ1) is 10.8. The highest BCUT2D eigenvalue weighted by atomic mass is 16.6. The number of hydrogen-bond donors (Lipinski definition) is 0. The molecular formula is C12H13NO3. The number of epoxide rings is 1. The van der Waals surface area contributed by atoms with Crippen LogP contribution in [0.15, 0.2) is 18.2 Å². The highest BCUT2D eigenvalue weighted by Gasteiger charge is 2.56. The molecule has 0 amide bonds. The van der Waals surface area contributed by atoms with Crippen molar-refractivity contribution in [3.63, 3.8) is 0 Å². The maximum absolute atomic E-state index is 8.85. The Hall–Kier alpha value is -1.73. The van der Waals surface area contributed by atoms with Gasteiger partial charge in [-0.15, -0.1) is 0 Å². The third-order valence-corrected chi connectivity index (χ3v) is 2.86. The van der Waals surface area contributed by atoms with E-state index in [-0.39, 0.29) is 0 Å². The molecule has 0 saturated carbocycles. The topological polar surface area (TPSA) is 54.8 Å². The van der Waals surface area contributed by atoms with Crippen LogP contribution >= 0.6 is 0 Å². The van der Waals surface area contributed by atoms with Crippen LogP contribution in [0.3, 0.4) is 0 Å². The van der Waals surface area contributed by atoms with Crippen molar-refractivity contribution >= 4 is 0 Å². The molecule has 0 bridgehead atoms. The van der Waals surface area contributed by atoms with Crippen LogP contribution in [0, 0.1) is 11.3 Å². The summed E-state index contributed by atoms with van der Waals surface area (Å²) in [5.74, 6) is 1.44. The normalized spacial score (nSPS) is 27.0. The fourth-order valence-electron chi connectivity index (χ4n) is 1.77. The lowest BCUT2D eigenvalue weighted by Crippen LogP contribution is -2.09. The average molecular weight is 219 g/mol. The average Bonchev–Trinajstić information content (AvgIpc) is 3.01. The van der Waals surface area contributed by atoms with E-state index in [0.29, 0.717) is 5.75 Å². The molecule has 1 heterocycles. The van der Waals surface area contributed by atoms with E-state index in [1.54, 1.807) is 14.2 Å². The first-order valence-electron chi connectivity index (χ1n) is 4.95. The minimum Gasteiger partial charge on any atom is -0.497 e. The molecule has 0 radical (unpaired) electrons. The summed E-state index contributed by atoms with van der Waals surface area (Å²) >= 11 is 0. The van der Waals surface area contributed by atoms with E-state index in [1.165, 1.54) is 0 Å². The highest BCUT2D eigenvalue weighted by Crippen LogP contribution is 2.49. The zero-order chi connectivity index (χ0) is 11.8. The predicted molar refractivity (Wildman–Crippen MR) is 57.4 cm³/mol. The maximum Gasteiger partial charge on any atom is 0.178 e. The molecule has 1 aromatic rings. The number of methoxy groups -OCH3 is 2. The van der Waals surface area contributed by atoms with Crippen molar-refractivity contribution in [3.05, 3.63) is 23.8 Å². The van der Waals surface area contributed by atoms with E-state index in [0.717, 1.165) is 11.3 Å². The van der Waals surface area contributed by atoms with E-state index >= 15 is 0 Å². The van der Waals surface area contributed by atoms with Gasteiger partial charge in [-0.05, 0) is 25.1 Å². The molecule has 84 valence electrons. The van der Waals surface area contributed by atoms with Crippen LogP contribution in [0.1, 0.15) is 12.5 Å². The lowest BCUT2D eigenvalue weighted by atomic mass is 9.96. The van der Waals surface area contributed by atoms with Gasteiger partial charge in [0.25, 0.3) is 0 Å². The van der Waals surface area contributed by atoms with Crippen molar-refractivity contribution in [1.82, 2.24) is 0 Å². The molecule has 2 atom stereocenters. The van der Waals surface area contributed by atoms with Crippen LogP contribution in [-0.2, 0) is 10.3 Å². The van der Waals surface area contributed by atoms with Crippen LogP contribution in [0.5, 0.6) is 11.5 Å². The summed E-state index contributed by atoms with van der Waals surface area (Å²) in [5, 5.41) is 8.85. The van der Waals surface area contributed by atoms with Gasteiger partial charge in [-0.1, -0.05) is 0 Å². The Morgan fingerprint density at radius 2 is 2.12 bits per heavy atom. The summed E-state index contributed by atoms with van der Waals surface area (Å²) < 4.78 is 15.8. The van der Waals surface area contributed by atoms with Crippen molar-refractivity contribution in [3.8, 4) is 17.6 Å². The smallest absolute Gasteiger partial charge is 0.178 e. The second kappa shape index (κ2) is 3.69. The van der Waals surface area contributed by atoms with Gasteiger partial charge in [0.05, 0.1) is 20.3 Å².